The fraction of sp³-hybridized carbons (Fsp3) is 0.733. The van der Waals surface area contributed by atoms with Gasteiger partial charge in [0.2, 0.25) is 0 Å². The molecule has 1 unspecified atom stereocenters. The number of ether oxygens (including phenoxy) is 2. The van der Waals surface area contributed by atoms with Crippen LogP contribution in [-0.2, 0) is 22.1 Å². The first-order valence-electron chi connectivity index (χ1n) is 8.14. The van der Waals surface area contributed by atoms with Crippen molar-refractivity contribution in [1.29, 1.82) is 0 Å². The molecular formula is C15H24F3IN4O2S. The Bertz CT molecular complexity index is 551. The van der Waals surface area contributed by atoms with Gasteiger partial charge in [-0.2, -0.15) is 13.2 Å². The largest absolute Gasteiger partial charge is 0.434 e. The number of aromatic nitrogens is 1. The Morgan fingerprint density at radius 1 is 1.42 bits per heavy atom. The maximum atomic E-state index is 12.5. The SMILES string of the molecule is CN=C(NCCCOC1CCOC1)NCCc1nc(C(F)(F)F)cs1.I. The van der Waals surface area contributed by atoms with Crippen LogP contribution in [0.5, 0.6) is 0 Å². The van der Waals surface area contributed by atoms with E-state index in [1.165, 1.54) is 0 Å². The van der Waals surface area contributed by atoms with Gasteiger partial charge in [-0.3, -0.25) is 4.99 Å². The van der Waals surface area contributed by atoms with Gasteiger partial charge >= 0.3 is 6.18 Å². The van der Waals surface area contributed by atoms with Crippen LogP contribution in [0.25, 0.3) is 0 Å². The van der Waals surface area contributed by atoms with E-state index in [1.807, 2.05) is 0 Å². The molecule has 0 amide bonds. The first-order valence-corrected chi connectivity index (χ1v) is 9.02. The van der Waals surface area contributed by atoms with Gasteiger partial charge in [-0.1, -0.05) is 0 Å². The van der Waals surface area contributed by atoms with Crippen LogP contribution in [0.15, 0.2) is 10.4 Å². The molecule has 1 fully saturated rings. The first-order chi connectivity index (χ1) is 12.0. The van der Waals surface area contributed by atoms with Gasteiger partial charge in [0, 0.05) is 45.2 Å². The Labute approximate surface area is 172 Å². The lowest BCUT2D eigenvalue weighted by Gasteiger charge is -2.12. The molecule has 1 atom stereocenters. The second-order valence-corrected chi connectivity index (χ2v) is 6.45. The summed E-state index contributed by atoms with van der Waals surface area (Å²) < 4.78 is 48.4. The van der Waals surface area contributed by atoms with Gasteiger partial charge in [0.05, 0.1) is 17.7 Å². The molecule has 2 rings (SSSR count). The van der Waals surface area contributed by atoms with Crippen molar-refractivity contribution in [2.45, 2.75) is 31.5 Å². The molecule has 0 aromatic carbocycles. The highest BCUT2D eigenvalue weighted by Crippen LogP contribution is 2.29. The normalized spacial score (nSPS) is 17.8. The zero-order chi connectivity index (χ0) is 18.1. The average molecular weight is 508 g/mol. The van der Waals surface area contributed by atoms with Gasteiger partial charge in [0.15, 0.2) is 11.7 Å². The second-order valence-electron chi connectivity index (χ2n) is 5.51. The van der Waals surface area contributed by atoms with Crippen LogP contribution in [0.2, 0.25) is 0 Å². The molecule has 2 heterocycles. The molecule has 0 radical (unpaired) electrons. The lowest BCUT2D eigenvalue weighted by Crippen LogP contribution is -2.39. The first kappa shape index (κ1) is 23.4. The Morgan fingerprint density at radius 3 is 2.81 bits per heavy atom. The predicted octanol–water partition coefficient (Wildman–Crippen LogP) is 2.68. The molecule has 11 heteroatoms. The maximum absolute atomic E-state index is 12.5. The molecule has 26 heavy (non-hydrogen) atoms. The van der Waals surface area contributed by atoms with Crippen molar-refractivity contribution >= 4 is 41.3 Å². The topological polar surface area (TPSA) is 67.8 Å². The van der Waals surface area contributed by atoms with Gasteiger partial charge in [-0.05, 0) is 12.8 Å². The minimum absolute atomic E-state index is 0. The van der Waals surface area contributed by atoms with E-state index in [2.05, 4.69) is 20.6 Å². The van der Waals surface area contributed by atoms with E-state index in [-0.39, 0.29) is 30.1 Å². The zero-order valence-corrected chi connectivity index (χ0v) is 17.6. The summed E-state index contributed by atoms with van der Waals surface area (Å²) in [4.78, 5) is 7.67. The standard InChI is InChI=1S/C15H23F3N4O2S.HI/c1-19-14(20-5-2-7-24-11-4-8-23-9-11)21-6-3-13-22-12(10-25-13)15(16,17)18;/h10-11H,2-9H2,1H3,(H2,19,20,21);1H. The van der Waals surface area contributed by atoms with Crippen molar-refractivity contribution < 1.29 is 22.6 Å². The molecule has 0 aliphatic carbocycles. The molecule has 150 valence electrons. The highest BCUT2D eigenvalue weighted by molar-refractivity contribution is 14.0. The summed E-state index contributed by atoms with van der Waals surface area (Å²) in [5.74, 6) is 0.608. The van der Waals surface area contributed by atoms with Gasteiger partial charge in [-0.15, -0.1) is 35.3 Å². The molecule has 1 aromatic heterocycles. The van der Waals surface area contributed by atoms with Crippen LogP contribution in [0, 0.1) is 0 Å². The van der Waals surface area contributed by atoms with Crippen molar-refractivity contribution in [3.8, 4) is 0 Å². The Hall–Kier alpha value is -0.660. The van der Waals surface area contributed by atoms with Crippen LogP contribution in [0.4, 0.5) is 13.2 Å². The Morgan fingerprint density at radius 2 is 2.19 bits per heavy atom. The van der Waals surface area contributed by atoms with Crippen molar-refractivity contribution in [1.82, 2.24) is 15.6 Å². The molecule has 1 aliphatic heterocycles. The number of nitrogens with zero attached hydrogens (tertiary/aromatic N) is 2. The van der Waals surface area contributed by atoms with Crippen molar-refractivity contribution in [2.75, 3.05) is 40.0 Å². The third-order valence-corrected chi connectivity index (χ3v) is 4.46. The number of guanidine groups is 1. The van der Waals surface area contributed by atoms with Gasteiger partial charge in [0.25, 0.3) is 0 Å². The Balaban J connectivity index is 0.00000338. The summed E-state index contributed by atoms with van der Waals surface area (Å²) >= 11 is 1.01. The van der Waals surface area contributed by atoms with Crippen molar-refractivity contribution in [3.05, 3.63) is 16.1 Å². The van der Waals surface area contributed by atoms with E-state index in [9.17, 15) is 13.2 Å². The molecule has 1 saturated heterocycles. The summed E-state index contributed by atoms with van der Waals surface area (Å²) in [6.45, 7) is 3.24. The lowest BCUT2D eigenvalue weighted by molar-refractivity contribution is -0.140. The average Bonchev–Trinajstić information content (AvgIpc) is 3.24. The highest BCUT2D eigenvalue weighted by atomic mass is 127. The third kappa shape index (κ3) is 8.35. The molecule has 2 N–H and O–H groups in total. The van der Waals surface area contributed by atoms with E-state index in [1.54, 1.807) is 7.05 Å². The second kappa shape index (κ2) is 11.9. The zero-order valence-electron chi connectivity index (χ0n) is 14.5. The quantitative estimate of drug-likeness (QED) is 0.245. The maximum Gasteiger partial charge on any atom is 0.434 e. The van der Waals surface area contributed by atoms with E-state index >= 15 is 0 Å². The molecule has 1 aromatic rings. The fourth-order valence-electron chi connectivity index (χ4n) is 2.24. The number of hydrogen-bond acceptors (Lipinski definition) is 5. The van der Waals surface area contributed by atoms with E-state index in [0.29, 0.717) is 43.7 Å². The number of rotatable bonds is 8. The predicted molar refractivity (Wildman–Crippen MR) is 105 cm³/mol. The monoisotopic (exact) mass is 508 g/mol. The smallest absolute Gasteiger partial charge is 0.379 e. The fourth-order valence-corrected chi connectivity index (χ4v) is 3.04. The number of aliphatic imine (C=N–C) groups is 1. The molecule has 0 saturated carbocycles. The number of halogens is 4. The van der Waals surface area contributed by atoms with Gasteiger partial charge in [0.1, 0.15) is 0 Å². The summed E-state index contributed by atoms with van der Waals surface area (Å²) in [7, 11) is 1.65. The van der Waals surface area contributed by atoms with Crippen LogP contribution < -0.4 is 10.6 Å². The molecule has 0 bridgehead atoms. The number of nitrogens with one attached hydrogen (secondary N) is 2. The lowest BCUT2D eigenvalue weighted by atomic mass is 10.3. The van der Waals surface area contributed by atoms with Gasteiger partial charge < -0.3 is 20.1 Å². The highest BCUT2D eigenvalue weighted by Gasteiger charge is 2.33. The van der Waals surface area contributed by atoms with Crippen molar-refractivity contribution in [3.63, 3.8) is 0 Å². The number of hydrogen-bond donors (Lipinski definition) is 2. The summed E-state index contributed by atoms with van der Waals surface area (Å²) in [5.41, 5.74) is -0.831. The summed E-state index contributed by atoms with van der Waals surface area (Å²) in [6.07, 6.45) is -1.99. The van der Waals surface area contributed by atoms with Crippen LogP contribution >= 0.6 is 35.3 Å². The van der Waals surface area contributed by atoms with Crippen LogP contribution in [0.1, 0.15) is 23.5 Å². The van der Waals surface area contributed by atoms with Crippen LogP contribution in [-0.4, -0.2) is 57.0 Å². The minimum atomic E-state index is -4.38. The number of thiazole rings is 1. The van der Waals surface area contributed by atoms with E-state index in [4.69, 9.17) is 9.47 Å². The molecule has 6 nitrogen and oxygen atoms in total. The molecule has 0 spiro atoms. The minimum Gasteiger partial charge on any atom is -0.379 e. The summed E-state index contributed by atoms with van der Waals surface area (Å²) in [6, 6.07) is 0. The number of alkyl halides is 3. The third-order valence-electron chi connectivity index (χ3n) is 3.55. The molecule has 1 aliphatic rings. The van der Waals surface area contributed by atoms with Gasteiger partial charge in [-0.25, -0.2) is 4.98 Å². The van der Waals surface area contributed by atoms with E-state index in [0.717, 1.165) is 36.2 Å². The van der Waals surface area contributed by atoms with Crippen LogP contribution in [0.3, 0.4) is 0 Å². The Kier molecular flexibility index (Phi) is 10.7. The summed E-state index contributed by atoms with van der Waals surface area (Å²) in [5, 5.41) is 7.69. The van der Waals surface area contributed by atoms with E-state index < -0.39 is 11.9 Å². The van der Waals surface area contributed by atoms with Crippen molar-refractivity contribution in [2.24, 2.45) is 4.99 Å². The molecular weight excluding hydrogens is 484 g/mol.